The molecular weight excluding hydrogens is 1010 g/mol. The summed E-state index contributed by atoms with van der Waals surface area (Å²) in [5, 5.41) is 31.3. The van der Waals surface area contributed by atoms with Crippen molar-refractivity contribution >= 4 is 62.5 Å². The molecule has 26 heteroatoms. The quantitative estimate of drug-likeness (QED) is 0.0165. The average Bonchev–Trinajstić information content (AvgIpc) is 3.29. The number of nitrogen functional groups attached to an aromatic ring is 2. The first-order valence-corrected chi connectivity index (χ1v) is 20.9. The van der Waals surface area contributed by atoms with Gasteiger partial charge >= 0.3 is 23.6 Å². The van der Waals surface area contributed by atoms with Gasteiger partial charge in [0, 0.05) is 40.0 Å². The summed E-state index contributed by atoms with van der Waals surface area (Å²) < 4.78 is 70.6. The zero-order valence-corrected chi connectivity index (χ0v) is 39.5. The van der Waals surface area contributed by atoms with Gasteiger partial charge in [0.15, 0.2) is 0 Å². The number of rotatable bonds is 22. The van der Waals surface area contributed by atoms with Gasteiger partial charge in [0.05, 0.1) is 42.8 Å². The molecule has 4 rings (SSSR count). The molecule has 0 radical (unpaired) electrons. The van der Waals surface area contributed by atoms with E-state index in [0.29, 0.717) is 24.0 Å². The number of aliphatic hydroxyl groups excluding tert-OH is 1. The summed E-state index contributed by atoms with van der Waals surface area (Å²) in [5.41, 5.74) is 10.6. The van der Waals surface area contributed by atoms with Crippen molar-refractivity contribution in [2.24, 2.45) is 0 Å². The molecule has 2 heterocycles. The summed E-state index contributed by atoms with van der Waals surface area (Å²) in [4.78, 5) is 56.7. The fourth-order valence-electron chi connectivity index (χ4n) is 5.40. The molecule has 0 saturated heterocycles. The van der Waals surface area contributed by atoms with Gasteiger partial charge in [0.25, 0.3) is 0 Å². The zero-order valence-electron chi connectivity index (χ0n) is 37.9. The van der Waals surface area contributed by atoms with Crippen LogP contribution in [0.15, 0.2) is 104 Å². The van der Waals surface area contributed by atoms with Crippen LogP contribution in [0.5, 0.6) is 17.4 Å². The summed E-state index contributed by atoms with van der Waals surface area (Å²) in [6.45, 7) is 17.4. The zero-order chi connectivity index (χ0) is 52.1. The molecule has 4 aromatic rings. The highest BCUT2D eigenvalue weighted by Gasteiger charge is 2.32. The van der Waals surface area contributed by atoms with Crippen molar-refractivity contribution in [3.8, 4) is 17.4 Å². The van der Waals surface area contributed by atoms with E-state index in [-0.39, 0.29) is 96.6 Å². The van der Waals surface area contributed by atoms with Crippen LogP contribution in [0.3, 0.4) is 0 Å². The highest BCUT2D eigenvalue weighted by Crippen LogP contribution is 2.38. The standard InChI is InChI=1S/C22H25FN4O6.C18H18BrFN4O5.C4H8O.F2.FH/c1-4-7-9-33-19-13-18(20(27(29)30)21(24)25-19)26(22(28)31-6-3)14-15-10-16(23)12-17(11-15)32-8-5-2;1-3-5-29-13-7-11(6-12(20)8-13)10-23(18(25)28-4-2)14-9-15(19)22-17(21)16(14)24(26)27;1-2-3-4-5;1-2;/h4-5,10-13H,1-2,6-9,14H2,3H3,(H2,24,25);3,6-9H,1,4-5,10H2,2H3,(H2,21,22);2,5H,1,3-4H2;;1H. The van der Waals surface area contributed by atoms with E-state index >= 15 is 0 Å². The van der Waals surface area contributed by atoms with Crippen LogP contribution in [0, 0.1) is 31.9 Å². The number of carbonyl (C=O) groups is 2. The Morgan fingerprint density at radius 3 is 1.51 bits per heavy atom. The molecule has 0 saturated carbocycles. The lowest BCUT2D eigenvalue weighted by atomic mass is 10.1. The van der Waals surface area contributed by atoms with Crippen molar-refractivity contribution in [2.75, 3.05) is 60.9 Å². The second-order valence-electron chi connectivity index (χ2n) is 13.0. The molecule has 2 amide bonds. The van der Waals surface area contributed by atoms with Gasteiger partial charge in [-0.3, -0.25) is 34.7 Å². The minimum absolute atomic E-state index is 0. The Labute approximate surface area is 407 Å². The molecule has 2 aromatic heterocycles. The second-order valence-corrected chi connectivity index (χ2v) is 13.8. The number of aromatic nitrogens is 2. The van der Waals surface area contributed by atoms with Gasteiger partial charge in [-0.2, -0.15) is 4.98 Å². The topological polar surface area (TPSA) is 271 Å². The van der Waals surface area contributed by atoms with Gasteiger partial charge < -0.3 is 40.3 Å². The molecular formula is C44H52BrF5N8O12. The van der Waals surface area contributed by atoms with Crippen molar-refractivity contribution < 1.29 is 70.9 Å². The van der Waals surface area contributed by atoms with Gasteiger partial charge in [0.1, 0.15) is 52.3 Å². The number of benzene rings is 2. The first kappa shape index (κ1) is 62.1. The van der Waals surface area contributed by atoms with E-state index in [1.165, 1.54) is 60.7 Å². The number of pyridine rings is 2. The van der Waals surface area contributed by atoms with Gasteiger partial charge in [-0.05, 0) is 78.0 Å². The van der Waals surface area contributed by atoms with Gasteiger partial charge in [-0.1, -0.05) is 37.5 Å². The maximum Gasteiger partial charge on any atom is 0.414 e. The third kappa shape index (κ3) is 20.6. The Morgan fingerprint density at radius 1 is 0.714 bits per heavy atom. The molecule has 0 aliphatic carbocycles. The fourth-order valence-corrected chi connectivity index (χ4v) is 5.80. The summed E-state index contributed by atoms with van der Waals surface area (Å²) in [6.07, 6.45) is 5.72. The van der Waals surface area contributed by atoms with Crippen LogP contribution in [-0.4, -0.2) is 76.7 Å². The average molecular weight is 1060 g/mol. The molecule has 0 aliphatic heterocycles. The molecule has 382 valence electrons. The largest absolute Gasteiger partial charge is 0.489 e. The number of halogens is 6. The third-order valence-electron chi connectivity index (χ3n) is 8.05. The SMILES string of the molecule is C=CCCO.C=CCCOc1cc(N(Cc2cc(F)cc(OCC=C)c2)C(=O)OCC)c([N+](=O)[O-])c(N)n1.C=CCOc1cc(F)cc(CN(C(=O)OCC)c2cc(Br)nc(N)c2[N+](=O)[O-])c1.F.FF. The number of nitrogens with zero attached hydrogens (tertiary/aromatic N) is 6. The Hall–Kier alpha value is -7.87. The molecule has 5 N–H and O–H groups in total. The molecule has 70 heavy (non-hydrogen) atoms. The number of anilines is 4. The lowest BCUT2D eigenvalue weighted by Gasteiger charge is -2.23. The number of hydrogen-bond donors (Lipinski definition) is 3. The summed E-state index contributed by atoms with van der Waals surface area (Å²) in [6, 6.07) is 10.2. The first-order valence-electron chi connectivity index (χ1n) is 20.1. The molecule has 20 nitrogen and oxygen atoms in total. The predicted octanol–water partition coefficient (Wildman–Crippen LogP) is 10.1. The van der Waals surface area contributed by atoms with E-state index in [0.717, 1.165) is 9.80 Å². The fraction of sp³-hybridized carbons (Fsp3) is 0.273. The van der Waals surface area contributed by atoms with E-state index in [1.807, 2.05) is 0 Å². The van der Waals surface area contributed by atoms with E-state index in [9.17, 15) is 38.6 Å². The Balaban J connectivity index is 0.00000119. The lowest BCUT2D eigenvalue weighted by Crippen LogP contribution is -2.32. The smallest absolute Gasteiger partial charge is 0.414 e. The van der Waals surface area contributed by atoms with Crippen LogP contribution in [0.25, 0.3) is 0 Å². The minimum atomic E-state index is -0.902. The van der Waals surface area contributed by atoms with Crippen molar-refractivity contribution in [2.45, 2.75) is 39.8 Å². The number of nitrogens with two attached hydrogens (primary N) is 2. The lowest BCUT2D eigenvalue weighted by molar-refractivity contribution is -0.383. The normalized spacial score (nSPS) is 9.71. The van der Waals surface area contributed by atoms with Crippen molar-refractivity contribution in [1.82, 2.24) is 9.97 Å². The number of carbonyl (C=O) groups excluding carboxylic acids is 2. The van der Waals surface area contributed by atoms with Crippen LogP contribution in [0.4, 0.5) is 66.6 Å². The summed E-state index contributed by atoms with van der Waals surface area (Å²) in [5.74, 6) is -1.67. The van der Waals surface area contributed by atoms with Gasteiger partial charge in [0.2, 0.25) is 17.5 Å². The van der Waals surface area contributed by atoms with Crippen molar-refractivity contribution in [3.05, 3.63) is 147 Å². The highest BCUT2D eigenvalue weighted by atomic mass is 79.9. The van der Waals surface area contributed by atoms with Crippen LogP contribution in [0.1, 0.15) is 37.8 Å². The molecule has 0 spiro atoms. The van der Waals surface area contributed by atoms with Crippen LogP contribution < -0.4 is 35.5 Å². The van der Waals surface area contributed by atoms with Crippen molar-refractivity contribution in [3.63, 3.8) is 0 Å². The van der Waals surface area contributed by atoms with Crippen LogP contribution in [-0.2, 0) is 22.6 Å². The van der Waals surface area contributed by atoms with E-state index < -0.39 is 50.9 Å². The van der Waals surface area contributed by atoms with Gasteiger partial charge in [-0.25, -0.2) is 23.4 Å². The third-order valence-corrected chi connectivity index (χ3v) is 8.46. The number of aliphatic hydroxyl groups is 1. The molecule has 0 fully saturated rings. The monoisotopic (exact) mass is 1060 g/mol. The van der Waals surface area contributed by atoms with Crippen LogP contribution in [0.2, 0.25) is 0 Å². The number of ether oxygens (including phenoxy) is 5. The number of nitro groups is 2. The molecule has 2 aromatic carbocycles. The van der Waals surface area contributed by atoms with Gasteiger partial charge in [-0.15, -0.1) is 13.2 Å². The Morgan fingerprint density at radius 2 is 1.14 bits per heavy atom. The predicted molar refractivity (Wildman–Crippen MR) is 256 cm³/mol. The highest BCUT2D eigenvalue weighted by molar-refractivity contribution is 9.10. The first-order chi connectivity index (χ1) is 33.0. The Bertz CT molecular complexity index is 2390. The molecule has 0 bridgehead atoms. The second kappa shape index (κ2) is 33.6. The minimum Gasteiger partial charge on any atom is -0.489 e. The maximum absolute atomic E-state index is 14.2. The van der Waals surface area contributed by atoms with E-state index in [4.69, 9.17) is 49.4 Å². The van der Waals surface area contributed by atoms with Crippen molar-refractivity contribution in [1.29, 1.82) is 0 Å². The number of amides is 2. The molecule has 0 unspecified atom stereocenters. The maximum atomic E-state index is 14.2. The Kier molecular flexibility index (Phi) is 29.8. The van der Waals surface area contributed by atoms with Crippen LogP contribution >= 0.6 is 15.9 Å². The van der Waals surface area contributed by atoms with E-state index in [1.54, 1.807) is 26.0 Å². The molecule has 0 atom stereocenters. The summed E-state index contributed by atoms with van der Waals surface area (Å²) >= 11 is 3.11. The number of hydrogen-bond acceptors (Lipinski definition) is 16. The van der Waals surface area contributed by atoms with E-state index in [2.05, 4.69) is 52.2 Å². The summed E-state index contributed by atoms with van der Waals surface area (Å²) in [7, 11) is 0. The molecule has 0 aliphatic rings.